The van der Waals surface area contributed by atoms with Crippen LogP contribution in [-0.4, -0.2) is 84.7 Å². The molecular formula is C23H21F4N9O2. The number of benzene rings is 1. The van der Waals surface area contributed by atoms with Gasteiger partial charge in [0, 0.05) is 37.9 Å². The molecule has 1 aromatic carbocycles. The third kappa shape index (κ3) is 4.92. The highest BCUT2D eigenvalue weighted by atomic mass is 19.4. The molecule has 4 heterocycles. The summed E-state index contributed by atoms with van der Waals surface area (Å²) in [6, 6.07) is 4.59. The number of amides is 1. The number of tetrazole rings is 1. The summed E-state index contributed by atoms with van der Waals surface area (Å²) in [6.45, 7) is 3.51. The van der Waals surface area contributed by atoms with Crippen molar-refractivity contribution in [2.24, 2.45) is 0 Å². The molecule has 11 nitrogen and oxygen atoms in total. The van der Waals surface area contributed by atoms with Crippen LogP contribution in [0.4, 0.5) is 17.6 Å². The molecule has 3 aromatic rings. The number of halogens is 4. The number of rotatable bonds is 4. The summed E-state index contributed by atoms with van der Waals surface area (Å²) in [4.78, 5) is 24.1. The lowest BCUT2D eigenvalue weighted by Gasteiger charge is -2.46. The highest BCUT2D eigenvalue weighted by Crippen LogP contribution is 2.33. The summed E-state index contributed by atoms with van der Waals surface area (Å²) in [7, 11) is 0. The van der Waals surface area contributed by atoms with E-state index in [1.165, 1.54) is 11.0 Å². The summed E-state index contributed by atoms with van der Waals surface area (Å²) in [6.07, 6.45) is -3.67. The molecule has 2 aliphatic rings. The van der Waals surface area contributed by atoms with E-state index >= 15 is 0 Å². The first-order valence-corrected chi connectivity index (χ1v) is 11.6. The zero-order valence-corrected chi connectivity index (χ0v) is 20.1. The Bertz CT molecular complexity index is 1390. The Morgan fingerprint density at radius 1 is 1.26 bits per heavy atom. The SMILES string of the molecule is Cc1c([C@@H]2CN3CCN(C(=O)Cc4cnc(-n5cnnn5)nc4C(F)(F)F)C[C@H]3CO2)ccc(F)c1C#N. The van der Waals surface area contributed by atoms with Crippen molar-refractivity contribution in [2.45, 2.75) is 31.7 Å². The highest BCUT2D eigenvalue weighted by Gasteiger charge is 2.39. The molecule has 2 aliphatic heterocycles. The van der Waals surface area contributed by atoms with Crippen LogP contribution in [0, 0.1) is 24.1 Å². The maximum absolute atomic E-state index is 13.9. The van der Waals surface area contributed by atoms with Crippen LogP contribution in [0.2, 0.25) is 0 Å². The molecule has 2 saturated heterocycles. The van der Waals surface area contributed by atoms with Crippen LogP contribution in [0.3, 0.4) is 0 Å². The van der Waals surface area contributed by atoms with Gasteiger partial charge in [-0.05, 0) is 34.5 Å². The number of alkyl halides is 3. The van der Waals surface area contributed by atoms with Gasteiger partial charge in [0.25, 0.3) is 5.95 Å². The molecule has 0 bridgehead atoms. The second kappa shape index (κ2) is 10.0. The van der Waals surface area contributed by atoms with E-state index in [9.17, 15) is 27.6 Å². The van der Waals surface area contributed by atoms with Gasteiger partial charge in [-0.1, -0.05) is 6.07 Å². The molecule has 0 spiro atoms. The van der Waals surface area contributed by atoms with Gasteiger partial charge in [-0.2, -0.15) is 23.1 Å². The van der Waals surface area contributed by atoms with Crippen molar-refractivity contribution in [3.05, 3.63) is 58.4 Å². The Morgan fingerprint density at radius 2 is 2.08 bits per heavy atom. The van der Waals surface area contributed by atoms with Gasteiger partial charge in [0.05, 0.1) is 30.7 Å². The van der Waals surface area contributed by atoms with Crippen molar-refractivity contribution in [3.8, 4) is 12.0 Å². The van der Waals surface area contributed by atoms with E-state index < -0.39 is 30.0 Å². The molecule has 2 atom stereocenters. The van der Waals surface area contributed by atoms with E-state index in [-0.39, 0.29) is 42.4 Å². The lowest BCUT2D eigenvalue weighted by Crippen LogP contribution is -2.59. The maximum Gasteiger partial charge on any atom is 0.433 e. The fourth-order valence-electron chi connectivity index (χ4n) is 4.79. The Balaban J connectivity index is 1.26. The minimum absolute atomic E-state index is 0.0168. The normalized spacial score (nSPS) is 20.2. The molecule has 0 unspecified atom stereocenters. The smallest absolute Gasteiger partial charge is 0.370 e. The zero-order chi connectivity index (χ0) is 27.0. The van der Waals surface area contributed by atoms with Crippen LogP contribution >= 0.6 is 0 Å². The second-order valence-electron chi connectivity index (χ2n) is 9.03. The molecule has 0 N–H and O–H groups in total. The first-order valence-electron chi connectivity index (χ1n) is 11.6. The molecule has 5 rings (SSSR count). The number of carbonyl (C=O) groups is 1. The zero-order valence-electron chi connectivity index (χ0n) is 20.1. The molecule has 0 saturated carbocycles. The summed E-state index contributed by atoms with van der Waals surface area (Å²) in [5, 5.41) is 19.5. The van der Waals surface area contributed by atoms with E-state index in [4.69, 9.17) is 4.74 Å². The quantitative estimate of drug-likeness (QED) is 0.462. The Labute approximate surface area is 213 Å². The van der Waals surface area contributed by atoms with E-state index in [0.717, 1.165) is 22.8 Å². The standard InChI is InChI=1S/C23H21F4N9O2/c1-13-16(2-3-18(24)17(13)7-28)19-10-34-4-5-35(9-15(34)11-38-19)20(37)6-14-8-29-22(36-12-30-32-33-36)31-21(14)23(25,26)27/h2-3,8,12,15,19H,4-6,9-11H2,1H3/t15-,19-/m0/s1. The van der Waals surface area contributed by atoms with Gasteiger partial charge in [0.1, 0.15) is 18.2 Å². The number of piperazine rings is 1. The molecule has 0 radical (unpaired) electrons. The second-order valence-corrected chi connectivity index (χ2v) is 9.03. The molecule has 38 heavy (non-hydrogen) atoms. The van der Waals surface area contributed by atoms with Gasteiger partial charge in [0.2, 0.25) is 5.91 Å². The van der Waals surface area contributed by atoms with Gasteiger partial charge >= 0.3 is 6.18 Å². The van der Waals surface area contributed by atoms with E-state index in [1.54, 1.807) is 13.0 Å². The first-order chi connectivity index (χ1) is 18.2. The van der Waals surface area contributed by atoms with Crippen molar-refractivity contribution in [1.29, 1.82) is 5.26 Å². The number of aromatic nitrogens is 6. The number of ether oxygens (including phenoxy) is 1. The van der Waals surface area contributed by atoms with Gasteiger partial charge in [-0.25, -0.2) is 14.4 Å². The van der Waals surface area contributed by atoms with E-state index in [2.05, 4.69) is 30.4 Å². The van der Waals surface area contributed by atoms with Crippen molar-refractivity contribution in [3.63, 3.8) is 0 Å². The molecule has 198 valence electrons. The molecule has 0 aliphatic carbocycles. The van der Waals surface area contributed by atoms with E-state index in [0.29, 0.717) is 25.2 Å². The predicted molar refractivity (Wildman–Crippen MR) is 120 cm³/mol. The topological polar surface area (TPSA) is 126 Å². The average Bonchev–Trinajstić information content (AvgIpc) is 3.43. The monoisotopic (exact) mass is 531 g/mol. The molecular weight excluding hydrogens is 510 g/mol. The molecule has 1 amide bonds. The number of morpholine rings is 1. The minimum Gasteiger partial charge on any atom is -0.370 e. The van der Waals surface area contributed by atoms with Crippen LogP contribution in [0.25, 0.3) is 5.95 Å². The minimum atomic E-state index is -4.81. The Morgan fingerprint density at radius 3 is 2.79 bits per heavy atom. The van der Waals surface area contributed by atoms with Crippen LogP contribution < -0.4 is 0 Å². The fourth-order valence-corrected chi connectivity index (χ4v) is 4.79. The Kier molecular flexibility index (Phi) is 6.76. The number of nitriles is 1. The summed E-state index contributed by atoms with van der Waals surface area (Å²) >= 11 is 0. The number of hydrogen-bond acceptors (Lipinski definition) is 9. The van der Waals surface area contributed by atoms with Crippen molar-refractivity contribution >= 4 is 5.91 Å². The predicted octanol–water partition coefficient (Wildman–Crippen LogP) is 1.62. The number of carbonyl (C=O) groups excluding carboxylic acids is 1. The van der Waals surface area contributed by atoms with Crippen molar-refractivity contribution in [2.75, 3.05) is 32.8 Å². The van der Waals surface area contributed by atoms with Crippen LogP contribution in [0.5, 0.6) is 0 Å². The maximum atomic E-state index is 13.9. The van der Waals surface area contributed by atoms with Crippen molar-refractivity contribution in [1.82, 2.24) is 40.0 Å². The third-order valence-electron chi connectivity index (χ3n) is 6.78. The molecule has 2 fully saturated rings. The first kappa shape index (κ1) is 25.6. The summed E-state index contributed by atoms with van der Waals surface area (Å²) in [5.41, 5.74) is -0.331. The number of hydrogen-bond donors (Lipinski definition) is 0. The molecule has 15 heteroatoms. The lowest BCUT2D eigenvalue weighted by atomic mass is 9.96. The van der Waals surface area contributed by atoms with Crippen LogP contribution in [0.1, 0.15) is 34.1 Å². The highest BCUT2D eigenvalue weighted by molar-refractivity contribution is 5.79. The van der Waals surface area contributed by atoms with Gasteiger partial charge in [0.15, 0.2) is 5.69 Å². The van der Waals surface area contributed by atoms with E-state index in [1.807, 2.05) is 6.07 Å². The van der Waals surface area contributed by atoms with Gasteiger partial charge < -0.3 is 9.64 Å². The van der Waals surface area contributed by atoms with Gasteiger partial charge in [-0.15, -0.1) is 5.10 Å². The average molecular weight is 531 g/mol. The third-order valence-corrected chi connectivity index (χ3v) is 6.78. The number of nitrogens with zero attached hydrogens (tertiary/aromatic N) is 9. The number of fused-ring (bicyclic) bond motifs is 1. The fraction of sp³-hybridized carbons (Fsp3) is 0.435. The summed E-state index contributed by atoms with van der Waals surface area (Å²) in [5.74, 6) is -1.43. The van der Waals surface area contributed by atoms with Crippen LogP contribution in [-0.2, 0) is 22.1 Å². The van der Waals surface area contributed by atoms with Crippen molar-refractivity contribution < 1.29 is 27.1 Å². The van der Waals surface area contributed by atoms with Crippen LogP contribution in [0.15, 0.2) is 24.7 Å². The largest absolute Gasteiger partial charge is 0.433 e. The summed E-state index contributed by atoms with van der Waals surface area (Å²) < 4.78 is 62.0. The molecule has 2 aromatic heterocycles. The Hall–Kier alpha value is -4.03. The van der Waals surface area contributed by atoms with Gasteiger partial charge in [-0.3, -0.25) is 9.69 Å². The lowest BCUT2D eigenvalue weighted by molar-refractivity contribution is -0.143.